The quantitative estimate of drug-likeness (QED) is 0.867. The molecule has 0 aromatic heterocycles. The van der Waals surface area contributed by atoms with E-state index in [1.165, 1.54) is 44.2 Å². The van der Waals surface area contributed by atoms with Crippen molar-refractivity contribution < 1.29 is 9.18 Å². The molecule has 20 heavy (non-hydrogen) atoms. The SMILES string of the molecule is CC1(CNCC(=O)Nc2ccc(F)cc2)CCCCC1. The van der Waals surface area contributed by atoms with E-state index in [1.54, 1.807) is 12.1 Å². The van der Waals surface area contributed by atoms with Crippen molar-refractivity contribution in [2.24, 2.45) is 5.41 Å². The lowest BCUT2D eigenvalue weighted by molar-refractivity contribution is -0.115. The van der Waals surface area contributed by atoms with Gasteiger partial charge in [0.2, 0.25) is 5.91 Å². The van der Waals surface area contributed by atoms with E-state index in [0.29, 0.717) is 17.6 Å². The zero-order chi connectivity index (χ0) is 14.4. The molecule has 2 N–H and O–H groups in total. The van der Waals surface area contributed by atoms with Gasteiger partial charge in [-0.2, -0.15) is 0 Å². The Morgan fingerprint density at radius 2 is 1.85 bits per heavy atom. The minimum Gasteiger partial charge on any atom is -0.325 e. The van der Waals surface area contributed by atoms with E-state index in [2.05, 4.69) is 17.6 Å². The average molecular weight is 278 g/mol. The summed E-state index contributed by atoms with van der Waals surface area (Å²) in [7, 11) is 0. The van der Waals surface area contributed by atoms with Crippen molar-refractivity contribution in [3.63, 3.8) is 0 Å². The normalized spacial score (nSPS) is 17.7. The maximum atomic E-state index is 12.7. The number of hydrogen-bond acceptors (Lipinski definition) is 2. The van der Waals surface area contributed by atoms with Crippen LogP contribution < -0.4 is 10.6 Å². The summed E-state index contributed by atoms with van der Waals surface area (Å²) < 4.78 is 12.7. The zero-order valence-corrected chi connectivity index (χ0v) is 12.0. The largest absolute Gasteiger partial charge is 0.325 e. The molecule has 0 bridgehead atoms. The van der Waals surface area contributed by atoms with E-state index in [-0.39, 0.29) is 11.7 Å². The second kappa shape index (κ2) is 6.84. The molecule has 1 aliphatic carbocycles. The maximum absolute atomic E-state index is 12.7. The molecule has 0 heterocycles. The Balaban J connectivity index is 1.71. The molecule has 1 fully saturated rings. The summed E-state index contributed by atoms with van der Waals surface area (Å²) >= 11 is 0. The number of carbonyl (C=O) groups is 1. The van der Waals surface area contributed by atoms with Crippen LogP contribution in [0.1, 0.15) is 39.0 Å². The Labute approximate surface area is 120 Å². The van der Waals surface area contributed by atoms with E-state index in [1.807, 2.05) is 0 Å². The molecule has 1 aliphatic rings. The number of hydrogen-bond donors (Lipinski definition) is 2. The van der Waals surface area contributed by atoms with Gasteiger partial charge >= 0.3 is 0 Å². The van der Waals surface area contributed by atoms with Crippen molar-refractivity contribution in [1.82, 2.24) is 5.32 Å². The second-order valence-corrected chi connectivity index (χ2v) is 6.03. The van der Waals surface area contributed by atoms with Gasteiger partial charge in [-0.1, -0.05) is 26.2 Å². The van der Waals surface area contributed by atoms with E-state index >= 15 is 0 Å². The monoisotopic (exact) mass is 278 g/mol. The number of anilines is 1. The van der Waals surface area contributed by atoms with Crippen LogP contribution in [0.15, 0.2) is 24.3 Å². The number of benzene rings is 1. The smallest absolute Gasteiger partial charge is 0.238 e. The molecule has 0 unspecified atom stereocenters. The van der Waals surface area contributed by atoms with Gasteiger partial charge in [-0.15, -0.1) is 0 Å². The fourth-order valence-electron chi connectivity index (χ4n) is 2.80. The molecule has 1 saturated carbocycles. The van der Waals surface area contributed by atoms with E-state index in [0.717, 1.165) is 6.54 Å². The molecule has 0 aliphatic heterocycles. The van der Waals surface area contributed by atoms with Gasteiger partial charge in [-0.25, -0.2) is 4.39 Å². The standard InChI is InChI=1S/C16H23FN2O/c1-16(9-3-2-4-10-16)12-18-11-15(20)19-14-7-5-13(17)6-8-14/h5-8,18H,2-4,9-12H2,1H3,(H,19,20). The van der Waals surface area contributed by atoms with Gasteiger partial charge in [0.25, 0.3) is 0 Å². The second-order valence-electron chi connectivity index (χ2n) is 6.03. The summed E-state index contributed by atoms with van der Waals surface area (Å²) in [4.78, 5) is 11.8. The molecule has 2 rings (SSSR count). The molecule has 0 radical (unpaired) electrons. The third-order valence-corrected chi connectivity index (χ3v) is 4.03. The lowest BCUT2D eigenvalue weighted by atomic mass is 9.76. The molecule has 1 amide bonds. The van der Waals surface area contributed by atoms with E-state index in [9.17, 15) is 9.18 Å². The topological polar surface area (TPSA) is 41.1 Å². The van der Waals surface area contributed by atoms with Crippen molar-refractivity contribution in [2.45, 2.75) is 39.0 Å². The summed E-state index contributed by atoms with van der Waals surface area (Å²) in [5.41, 5.74) is 0.955. The summed E-state index contributed by atoms with van der Waals surface area (Å²) in [5, 5.41) is 5.99. The molecule has 1 aromatic carbocycles. The van der Waals surface area contributed by atoms with E-state index in [4.69, 9.17) is 0 Å². The first-order valence-electron chi connectivity index (χ1n) is 7.34. The fourth-order valence-corrected chi connectivity index (χ4v) is 2.80. The fraction of sp³-hybridized carbons (Fsp3) is 0.562. The first kappa shape index (κ1) is 15.0. The Morgan fingerprint density at radius 3 is 2.50 bits per heavy atom. The first-order chi connectivity index (χ1) is 9.57. The third-order valence-electron chi connectivity index (χ3n) is 4.03. The van der Waals surface area contributed by atoms with Gasteiger partial charge in [0, 0.05) is 12.2 Å². The van der Waals surface area contributed by atoms with Crippen LogP contribution >= 0.6 is 0 Å². The van der Waals surface area contributed by atoms with Crippen molar-refractivity contribution in [1.29, 1.82) is 0 Å². The number of carbonyl (C=O) groups excluding carboxylic acids is 1. The molecular weight excluding hydrogens is 255 g/mol. The van der Waals surface area contributed by atoms with Crippen LogP contribution in [0.4, 0.5) is 10.1 Å². The molecule has 0 atom stereocenters. The summed E-state index contributed by atoms with van der Waals surface area (Å²) in [6, 6.07) is 5.81. The molecule has 4 heteroatoms. The van der Waals surface area contributed by atoms with Crippen molar-refractivity contribution in [2.75, 3.05) is 18.4 Å². The van der Waals surface area contributed by atoms with Crippen LogP contribution in [0.2, 0.25) is 0 Å². The minimum atomic E-state index is -0.300. The highest BCUT2D eigenvalue weighted by atomic mass is 19.1. The zero-order valence-electron chi connectivity index (χ0n) is 12.0. The van der Waals surface area contributed by atoms with Crippen molar-refractivity contribution in [3.05, 3.63) is 30.1 Å². The van der Waals surface area contributed by atoms with Gasteiger partial charge in [-0.05, 0) is 42.5 Å². The predicted octanol–water partition coefficient (Wildman–Crippen LogP) is 3.32. The minimum absolute atomic E-state index is 0.0870. The van der Waals surface area contributed by atoms with Gasteiger partial charge in [0.15, 0.2) is 0 Å². The Kier molecular flexibility index (Phi) is 5.12. The van der Waals surface area contributed by atoms with Gasteiger partial charge in [0.1, 0.15) is 5.82 Å². The number of rotatable bonds is 5. The van der Waals surface area contributed by atoms with Crippen LogP contribution in [-0.2, 0) is 4.79 Å². The van der Waals surface area contributed by atoms with Crippen molar-refractivity contribution >= 4 is 11.6 Å². The highest BCUT2D eigenvalue weighted by Crippen LogP contribution is 2.34. The molecule has 0 saturated heterocycles. The number of amides is 1. The summed E-state index contributed by atoms with van der Waals surface area (Å²) in [6.45, 7) is 3.47. The van der Waals surface area contributed by atoms with Crippen LogP contribution in [0, 0.1) is 11.2 Å². The summed E-state index contributed by atoms with van der Waals surface area (Å²) in [6.07, 6.45) is 6.39. The van der Waals surface area contributed by atoms with E-state index < -0.39 is 0 Å². The highest BCUT2D eigenvalue weighted by Gasteiger charge is 2.26. The predicted molar refractivity (Wildman–Crippen MR) is 79.1 cm³/mol. The van der Waals surface area contributed by atoms with Crippen molar-refractivity contribution in [3.8, 4) is 0 Å². The Bertz CT molecular complexity index is 438. The Morgan fingerprint density at radius 1 is 1.20 bits per heavy atom. The maximum Gasteiger partial charge on any atom is 0.238 e. The number of nitrogens with one attached hydrogen (secondary N) is 2. The molecule has 0 spiro atoms. The summed E-state index contributed by atoms with van der Waals surface area (Å²) in [5.74, 6) is -0.387. The first-order valence-corrected chi connectivity index (χ1v) is 7.34. The molecule has 110 valence electrons. The van der Waals surface area contributed by atoms with Crippen LogP contribution in [0.25, 0.3) is 0 Å². The lowest BCUT2D eigenvalue weighted by Gasteiger charge is -2.33. The number of halogens is 1. The van der Waals surface area contributed by atoms with Gasteiger partial charge < -0.3 is 10.6 Å². The van der Waals surface area contributed by atoms with Gasteiger partial charge in [0.05, 0.1) is 6.54 Å². The third kappa shape index (κ3) is 4.60. The van der Waals surface area contributed by atoms with Crippen LogP contribution in [0.5, 0.6) is 0 Å². The lowest BCUT2D eigenvalue weighted by Crippen LogP contribution is -2.37. The van der Waals surface area contributed by atoms with Gasteiger partial charge in [-0.3, -0.25) is 4.79 Å². The molecule has 3 nitrogen and oxygen atoms in total. The Hall–Kier alpha value is -1.42. The van der Waals surface area contributed by atoms with Crippen LogP contribution in [-0.4, -0.2) is 19.0 Å². The highest BCUT2D eigenvalue weighted by molar-refractivity contribution is 5.92. The average Bonchev–Trinajstić information content (AvgIpc) is 2.42. The molecular formula is C16H23FN2O. The molecule has 1 aromatic rings. The van der Waals surface area contributed by atoms with Crippen LogP contribution in [0.3, 0.4) is 0 Å².